The standard InChI is InChI=1S/C10H15NO4/c1-3-6-15-9(14)11-5-4-10(2,7-11)8(12)13/h3H,1,4-7H2,2H3,(H,12,13). The van der Waals surface area contributed by atoms with Crippen LogP contribution in [0.1, 0.15) is 13.3 Å². The molecule has 0 aromatic carbocycles. The molecule has 0 radical (unpaired) electrons. The maximum absolute atomic E-state index is 11.4. The maximum atomic E-state index is 11.4. The molecule has 0 aromatic heterocycles. The second-order valence-corrected chi connectivity index (χ2v) is 3.90. The van der Waals surface area contributed by atoms with E-state index in [0.29, 0.717) is 13.0 Å². The van der Waals surface area contributed by atoms with Crippen LogP contribution in [-0.4, -0.2) is 41.8 Å². The van der Waals surface area contributed by atoms with Gasteiger partial charge < -0.3 is 14.7 Å². The number of ether oxygens (including phenoxy) is 1. The zero-order chi connectivity index (χ0) is 11.5. The highest BCUT2D eigenvalue weighted by molar-refractivity contribution is 5.77. The number of carbonyl (C=O) groups excluding carboxylic acids is 1. The number of carboxylic acid groups (broad SMARTS) is 1. The van der Waals surface area contributed by atoms with Gasteiger partial charge in [0.05, 0.1) is 5.41 Å². The van der Waals surface area contributed by atoms with Crippen LogP contribution in [0, 0.1) is 5.41 Å². The van der Waals surface area contributed by atoms with Crippen molar-refractivity contribution in [1.29, 1.82) is 0 Å². The highest BCUT2D eigenvalue weighted by Crippen LogP contribution is 2.30. The van der Waals surface area contributed by atoms with Gasteiger partial charge in [-0.05, 0) is 13.3 Å². The van der Waals surface area contributed by atoms with Crippen molar-refractivity contribution in [2.24, 2.45) is 5.41 Å². The van der Waals surface area contributed by atoms with Crippen molar-refractivity contribution < 1.29 is 19.4 Å². The third-order valence-electron chi connectivity index (χ3n) is 2.57. The Bertz CT molecular complexity index is 289. The number of carboxylic acids is 1. The van der Waals surface area contributed by atoms with Gasteiger partial charge in [0.25, 0.3) is 0 Å². The average Bonchev–Trinajstić information content (AvgIpc) is 2.59. The molecule has 0 bridgehead atoms. The number of rotatable bonds is 3. The number of aliphatic carboxylic acids is 1. The SMILES string of the molecule is C=CCOC(=O)N1CCC(C)(C(=O)O)C1. The van der Waals surface area contributed by atoms with Crippen LogP contribution >= 0.6 is 0 Å². The van der Waals surface area contributed by atoms with Gasteiger partial charge in [0.2, 0.25) is 0 Å². The van der Waals surface area contributed by atoms with Crippen LogP contribution in [0.2, 0.25) is 0 Å². The van der Waals surface area contributed by atoms with E-state index in [9.17, 15) is 9.59 Å². The van der Waals surface area contributed by atoms with E-state index in [4.69, 9.17) is 9.84 Å². The molecule has 5 nitrogen and oxygen atoms in total. The fraction of sp³-hybridized carbons (Fsp3) is 0.600. The van der Waals surface area contributed by atoms with Crippen molar-refractivity contribution in [1.82, 2.24) is 4.90 Å². The molecule has 1 amide bonds. The van der Waals surface area contributed by atoms with Gasteiger partial charge in [-0.25, -0.2) is 4.79 Å². The molecule has 1 unspecified atom stereocenters. The van der Waals surface area contributed by atoms with Crippen molar-refractivity contribution in [3.8, 4) is 0 Å². The maximum Gasteiger partial charge on any atom is 0.410 e. The molecule has 1 saturated heterocycles. The Morgan fingerprint density at radius 3 is 2.80 bits per heavy atom. The van der Waals surface area contributed by atoms with Crippen molar-refractivity contribution in [2.75, 3.05) is 19.7 Å². The van der Waals surface area contributed by atoms with Gasteiger partial charge in [-0.15, -0.1) is 0 Å². The summed E-state index contributed by atoms with van der Waals surface area (Å²) in [6, 6.07) is 0. The van der Waals surface area contributed by atoms with Gasteiger partial charge in [0.1, 0.15) is 6.61 Å². The van der Waals surface area contributed by atoms with E-state index in [1.807, 2.05) is 0 Å². The summed E-state index contributed by atoms with van der Waals surface area (Å²) in [4.78, 5) is 23.7. The zero-order valence-corrected chi connectivity index (χ0v) is 8.73. The lowest BCUT2D eigenvalue weighted by Gasteiger charge is -2.19. The third kappa shape index (κ3) is 2.49. The van der Waals surface area contributed by atoms with Gasteiger partial charge in [-0.3, -0.25) is 4.79 Å². The van der Waals surface area contributed by atoms with Crippen molar-refractivity contribution in [2.45, 2.75) is 13.3 Å². The molecule has 1 aliphatic heterocycles. The van der Waals surface area contributed by atoms with Crippen molar-refractivity contribution in [3.63, 3.8) is 0 Å². The van der Waals surface area contributed by atoms with E-state index in [1.165, 1.54) is 11.0 Å². The van der Waals surface area contributed by atoms with Crippen LogP contribution in [0.3, 0.4) is 0 Å². The normalized spacial score (nSPS) is 25.0. The molecule has 0 saturated carbocycles. The second-order valence-electron chi connectivity index (χ2n) is 3.90. The topological polar surface area (TPSA) is 66.8 Å². The van der Waals surface area contributed by atoms with Gasteiger partial charge >= 0.3 is 12.1 Å². The zero-order valence-electron chi connectivity index (χ0n) is 8.73. The van der Waals surface area contributed by atoms with Crippen LogP contribution in [0.25, 0.3) is 0 Å². The number of amides is 1. The van der Waals surface area contributed by atoms with Crippen LogP contribution in [0.5, 0.6) is 0 Å². The number of likely N-dealkylation sites (tertiary alicyclic amines) is 1. The molecule has 0 aliphatic carbocycles. The lowest BCUT2D eigenvalue weighted by atomic mass is 9.90. The van der Waals surface area contributed by atoms with Gasteiger partial charge in [0.15, 0.2) is 0 Å². The fourth-order valence-electron chi connectivity index (χ4n) is 1.51. The lowest BCUT2D eigenvalue weighted by Crippen LogP contribution is -2.35. The smallest absolute Gasteiger partial charge is 0.410 e. The molecule has 1 rings (SSSR count). The first kappa shape index (κ1) is 11.6. The molecular weight excluding hydrogens is 198 g/mol. The summed E-state index contributed by atoms with van der Waals surface area (Å²) >= 11 is 0. The Kier molecular flexibility index (Phi) is 3.34. The van der Waals surface area contributed by atoms with E-state index >= 15 is 0 Å². The van der Waals surface area contributed by atoms with Gasteiger partial charge in [-0.2, -0.15) is 0 Å². The summed E-state index contributed by atoms with van der Waals surface area (Å²) in [5, 5.41) is 8.95. The Morgan fingerprint density at radius 2 is 2.33 bits per heavy atom. The molecule has 0 spiro atoms. The van der Waals surface area contributed by atoms with Gasteiger partial charge in [-0.1, -0.05) is 12.7 Å². The van der Waals surface area contributed by atoms with E-state index in [2.05, 4.69) is 6.58 Å². The van der Waals surface area contributed by atoms with E-state index in [-0.39, 0.29) is 13.2 Å². The molecule has 1 N–H and O–H groups in total. The molecule has 84 valence electrons. The largest absolute Gasteiger partial charge is 0.481 e. The van der Waals surface area contributed by atoms with Gasteiger partial charge in [0, 0.05) is 13.1 Å². The first-order chi connectivity index (χ1) is 6.99. The number of hydrogen-bond acceptors (Lipinski definition) is 3. The van der Waals surface area contributed by atoms with E-state index in [0.717, 1.165) is 0 Å². The summed E-state index contributed by atoms with van der Waals surface area (Å²) in [6.07, 6.45) is 1.47. The summed E-state index contributed by atoms with van der Waals surface area (Å²) in [6.45, 7) is 5.85. The Morgan fingerprint density at radius 1 is 1.67 bits per heavy atom. The Balaban J connectivity index is 2.52. The second kappa shape index (κ2) is 4.33. The van der Waals surface area contributed by atoms with Crippen LogP contribution in [0.4, 0.5) is 4.79 Å². The number of carbonyl (C=O) groups is 2. The van der Waals surface area contributed by atoms with Crippen molar-refractivity contribution >= 4 is 12.1 Å². The Labute approximate surface area is 88.3 Å². The third-order valence-corrected chi connectivity index (χ3v) is 2.57. The van der Waals surface area contributed by atoms with E-state index in [1.54, 1.807) is 6.92 Å². The average molecular weight is 213 g/mol. The molecule has 15 heavy (non-hydrogen) atoms. The predicted molar refractivity (Wildman–Crippen MR) is 53.5 cm³/mol. The fourth-order valence-corrected chi connectivity index (χ4v) is 1.51. The van der Waals surface area contributed by atoms with Crippen molar-refractivity contribution in [3.05, 3.63) is 12.7 Å². The highest BCUT2D eigenvalue weighted by Gasteiger charge is 2.42. The van der Waals surface area contributed by atoms with Crippen LogP contribution in [0.15, 0.2) is 12.7 Å². The summed E-state index contributed by atoms with van der Waals surface area (Å²) < 4.78 is 4.82. The minimum absolute atomic E-state index is 0.152. The molecule has 5 heteroatoms. The molecule has 1 fully saturated rings. The molecule has 0 aromatic rings. The van der Waals surface area contributed by atoms with E-state index < -0.39 is 17.5 Å². The first-order valence-electron chi connectivity index (χ1n) is 4.75. The summed E-state index contributed by atoms with van der Waals surface area (Å²) in [5.74, 6) is -0.874. The summed E-state index contributed by atoms with van der Waals surface area (Å²) in [5.41, 5.74) is -0.840. The predicted octanol–water partition coefficient (Wildman–Crippen LogP) is 1.11. The lowest BCUT2D eigenvalue weighted by molar-refractivity contribution is -0.147. The monoisotopic (exact) mass is 213 g/mol. The van der Waals surface area contributed by atoms with Crippen LogP contribution in [-0.2, 0) is 9.53 Å². The molecular formula is C10H15NO4. The van der Waals surface area contributed by atoms with Crippen LogP contribution < -0.4 is 0 Å². The first-order valence-corrected chi connectivity index (χ1v) is 4.75. The quantitative estimate of drug-likeness (QED) is 0.713. The summed E-state index contributed by atoms with van der Waals surface area (Å²) in [7, 11) is 0. The minimum atomic E-state index is -0.874. The molecule has 1 heterocycles. The molecule has 1 aliphatic rings. The number of nitrogens with zero attached hydrogens (tertiary/aromatic N) is 1. The number of hydrogen-bond donors (Lipinski definition) is 1. The minimum Gasteiger partial charge on any atom is -0.481 e. The Hall–Kier alpha value is -1.52. The highest BCUT2D eigenvalue weighted by atomic mass is 16.6. The molecule has 1 atom stereocenters.